The summed E-state index contributed by atoms with van der Waals surface area (Å²) in [5.74, 6) is -0.186. The Morgan fingerprint density at radius 2 is 1.89 bits per heavy atom. The van der Waals surface area contributed by atoms with E-state index in [4.69, 9.17) is 11.6 Å². The standard InChI is InChI=1S/C15H13ClO2S/c1-11-5-4-6-12(9-11)14(17)10-19(18)15-8-3-2-7-13(15)16/h2-9H,10H2,1H3. The topological polar surface area (TPSA) is 34.1 Å². The monoisotopic (exact) mass is 292 g/mol. The summed E-state index contributed by atoms with van der Waals surface area (Å²) in [5, 5.41) is 0.429. The molecule has 0 fully saturated rings. The third-order valence-electron chi connectivity index (χ3n) is 2.68. The summed E-state index contributed by atoms with van der Waals surface area (Å²) in [6.07, 6.45) is 0. The summed E-state index contributed by atoms with van der Waals surface area (Å²) in [5.41, 5.74) is 1.59. The largest absolute Gasteiger partial charge is 0.293 e. The molecule has 0 bridgehead atoms. The van der Waals surface area contributed by atoms with E-state index < -0.39 is 10.8 Å². The zero-order chi connectivity index (χ0) is 13.8. The van der Waals surface area contributed by atoms with Crippen molar-refractivity contribution >= 4 is 28.2 Å². The average molecular weight is 293 g/mol. The van der Waals surface area contributed by atoms with Crippen LogP contribution >= 0.6 is 11.6 Å². The summed E-state index contributed by atoms with van der Waals surface area (Å²) >= 11 is 5.97. The molecule has 2 aromatic rings. The van der Waals surface area contributed by atoms with Crippen LogP contribution in [0.3, 0.4) is 0 Å². The van der Waals surface area contributed by atoms with Crippen molar-refractivity contribution in [1.82, 2.24) is 0 Å². The van der Waals surface area contributed by atoms with E-state index >= 15 is 0 Å². The average Bonchev–Trinajstić information content (AvgIpc) is 2.39. The van der Waals surface area contributed by atoms with Crippen molar-refractivity contribution in [2.75, 3.05) is 5.75 Å². The highest BCUT2D eigenvalue weighted by Crippen LogP contribution is 2.19. The highest BCUT2D eigenvalue weighted by Gasteiger charge is 2.14. The molecule has 0 aliphatic heterocycles. The van der Waals surface area contributed by atoms with Gasteiger partial charge in [0.05, 0.1) is 26.5 Å². The molecule has 1 atom stereocenters. The first-order valence-electron chi connectivity index (χ1n) is 5.80. The van der Waals surface area contributed by atoms with Crippen molar-refractivity contribution in [2.24, 2.45) is 0 Å². The lowest BCUT2D eigenvalue weighted by molar-refractivity contribution is 0.102. The second-order valence-corrected chi connectivity index (χ2v) is 6.04. The molecule has 0 N–H and O–H groups in total. The van der Waals surface area contributed by atoms with Crippen LogP contribution in [-0.4, -0.2) is 15.7 Å². The van der Waals surface area contributed by atoms with Gasteiger partial charge in [-0.1, -0.05) is 47.5 Å². The molecule has 2 aromatic carbocycles. The van der Waals surface area contributed by atoms with Crippen LogP contribution in [0.25, 0.3) is 0 Å². The molecule has 4 heteroatoms. The lowest BCUT2D eigenvalue weighted by Gasteiger charge is -2.04. The van der Waals surface area contributed by atoms with Gasteiger partial charge in [0.1, 0.15) is 0 Å². The minimum atomic E-state index is -1.41. The van der Waals surface area contributed by atoms with Gasteiger partial charge in [-0.3, -0.25) is 9.00 Å². The number of ketones is 1. The molecule has 98 valence electrons. The number of hydrogen-bond acceptors (Lipinski definition) is 2. The van der Waals surface area contributed by atoms with Gasteiger partial charge in [-0.25, -0.2) is 0 Å². The van der Waals surface area contributed by atoms with E-state index in [-0.39, 0.29) is 11.5 Å². The number of carbonyl (C=O) groups excluding carboxylic acids is 1. The minimum Gasteiger partial charge on any atom is -0.293 e. The smallest absolute Gasteiger partial charge is 0.175 e. The van der Waals surface area contributed by atoms with Crippen molar-refractivity contribution in [2.45, 2.75) is 11.8 Å². The van der Waals surface area contributed by atoms with Gasteiger partial charge in [0, 0.05) is 5.56 Å². The maximum atomic E-state index is 12.1. The SMILES string of the molecule is Cc1cccc(C(=O)CS(=O)c2ccccc2Cl)c1. The van der Waals surface area contributed by atoms with Crippen LogP contribution in [0, 0.1) is 6.92 Å². The normalized spacial score (nSPS) is 12.1. The maximum Gasteiger partial charge on any atom is 0.175 e. The predicted octanol–water partition coefficient (Wildman–Crippen LogP) is 3.64. The highest BCUT2D eigenvalue weighted by atomic mass is 35.5. The van der Waals surface area contributed by atoms with Gasteiger partial charge in [0.15, 0.2) is 5.78 Å². The first-order valence-corrected chi connectivity index (χ1v) is 7.50. The number of aryl methyl sites for hydroxylation is 1. The van der Waals surface area contributed by atoms with Crippen LogP contribution < -0.4 is 0 Å². The summed E-state index contributed by atoms with van der Waals surface area (Å²) in [7, 11) is -1.41. The first kappa shape index (κ1) is 14.0. The minimum absolute atomic E-state index is 0.0484. The van der Waals surface area contributed by atoms with Crippen LogP contribution in [0.5, 0.6) is 0 Å². The van der Waals surface area contributed by atoms with E-state index in [0.29, 0.717) is 15.5 Å². The molecule has 0 saturated carbocycles. The molecule has 0 spiro atoms. The van der Waals surface area contributed by atoms with Crippen molar-refractivity contribution in [3.05, 3.63) is 64.7 Å². The molecule has 0 amide bonds. The fraction of sp³-hybridized carbons (Fsp3) is 0.133. The molecule has 1 unspecified atom stereocenters. The van der Waals surface area contributed by atoms with Gasteiger partial charge in [0.2, 0.25) is 0 Å². The quantitative estimate of drug-likeness (QED) is 0.806. The Hall–Kier alpha value is -1.45. The lowest BCUT2D eigenvalue weighted by atomic mass is 10.1. The van der Waals surface area contributed by atoms with Crippen LogP contribution in [0.4, 0.5) is 0 Å². The first-order chi connectivity index (χ1) is 9.08. The third-order valence-corrected chi connectivity index (χ3v) is 4.50. The van der Waals surface area contributed by atoms with E-state index in [0.717, 1.165) is 5.56 Å². The molecular weight excluding hydrogens is 280 g/mol. The summed E-state index contributed by atoms with van der Waals surface area (Å²) in [6.45, 7) is 1.92. The molecule has 0 aliphatic rings. The van der Waals surface area contributed by atoms with Crippen molar-refractivity contribution in [1.29, 1.82) is 0 Å². The Morgan fingerprint density at radius 3 is 2.58 bits per heavy atom. The number of carbonyl (C=O) groups is 1. The molecule has 0 saturated heterocycles. The summed E-state index contributed by atoms with van der Waals surface area (Å²) < 4.78 is 12.1. The molecule has 0 aromatic heterocycles. The molecule has 0 aliphatic carbocycles. The molecule has 2 nitrogen and oxygen atoms in total. The van der Waals surface area contributed by atoms with Gasteiger partial charge >= 0.3 is 0 Å². The summed E-state index contributed by atoms with van der Waals surface area (Å²) in [4.78, 5) is 12.6. The second kappa shape index (κ2) is 6.13. The van der Waals surface area contributed by atoms with Gasteiger partial charge in [0.25, 0.3) is 0 Å². The van der Waals surface area contributed by atoms with Crippen LogP contribution in [0.1, 0.15) is 15.9 Å². The Balaban J connectivity index is 2.16. The zero-order valence-electron chi connectivity index (χ0n) is 10.4. The third kappa shape index (κ3) is 3.52. The predicted molar refractivity (Wildman–Crippen MR) is 78.2 cm³/mol. The van der Waals surface area contributed by atoms with Gasteiger partial charge < -0.3 is 0 Å². The number of benzene rings is 2. The molecule has 2 rings (SSSR count). The van der Waals surface area contributed by atoms with Gasteiger partial charge in [-0.15, -0.1) is 0 Å². The van der Waals surface area contributed by atoms with E-state index in [2.05, 4.69) is 0 Å². The van der Waals surface area contributed by atoms with Crippen molar-refractivity contribution < 1.29 is 9.00 Å². The Kier molecular flexibility index (Phi) is 4.51. The maximum absolute atomic E-state index is 12.1. The Labute approximate surface area is 119 Å². The number of hydrogen-bond donors (Lipinski definition) is 0. The van der Waals surface area contributed by atoms with Crippen molar-refractivity contribution in [3.8, 4) is 0 Å². The fourth-order valence-corrected chi connectivity index (χ4v) is 3.20. The van der Waals surface area contributed by atoms with Gasteiger partial charge in [-0.05, 0) is 25.1 Å². The van der Waals surface area contributed by atoms with Crippen LogP contribution in [0.2, 0.25) is 5.02 Å². The summed E-state index contributed by atoms with van der Waals surface area (Å²) in [6, 6.07) is 14.2. The molecule has 19 heavy (non-hydrogen) atoms. The lowest BCUT2D eigenvalue weighted by Crippen LogP contribution is -2.11. The Morgan fingerprint density at radius 1 is 1.16 bits per heavy atom. The second-order valence-electron chi connectivity index (χ2n) is 4.21. The van der Waals surface area contributed by atoms with Crippen LogP contribution in [-0.2, 0) is 10.8 Å². The van der Waals surface area contributed by atoms with E-state index in [1.54, 1.807) is 36.4 Å². The number of Topliss-reactive ketones (excluding diaryl/α,β-unsaturated/α-hetero) is 1. The number of halogens is 1. The van der Waals surface area contributed by atoms with E-state index in [1.165, 1.54) is 0 Å². The van der Waals surface area contributed by atoms with E-state index in [1.807, 2.05) is 19.1 Å². The van der Waals surface area contributed by atoms with Gasteiger partial charge in [-0.2, -0.15) is 0 Å². The molecule has 0 heterocycles. The Bertz CT molecular complexity index is 638. The number of rotatable bonds is 4. The molecule has 0 radical (unpaired) electrons. The van der Waals surface area contributed by atoms with Crippen LogP contribution in [0.15, 0.2) is 53.4 Å². The fourth-order valence-electron chi connectivity index (χ4n) is 1.73. The zero-order valence-corrected chi connectivity index (χ0v) is 12.0. The van der Waals surface area contributed by atoms with Crippen molar-refractivity contribution in [3.63, 3.8) is 0 Å². The highest BCUT2D eigenvalue weighted by molar-refractivity contribution is 7.86. The van der Waals surface area contributed by atoms with E-state index in [9.17, 15) is 9.00 Å². The molecular formula is C15H13ClO2S.